The summed E-state index contributed by atoms with van der Waals surface area (Å²) in [5.74, 6) is 0. The molecule has 0 bridgehead atoms. The van der Waals surface area contributed by atoms with E-state index in [0.717, 1.165) is 38.6 Å². The Bertz CT molecular complexity index is 1080. The lowest BCUT2D eigenvalue weighted by Crippen LogP contribution is -1.96. The molecule has 23 heavy (non-hydrogen) atoms. The molecule has 2 nitrogen and oxygen atoms in total. The second-order valence-electron chi connectivity index (χ2n) is 5.92. The first-order valence-electron chi connectivity index (χ1n) is 7.70. The number of aryl methyl sites for hydroxylation is 1. The third-order valence-electron chi connectivity index (χ3n) is 4.50. The van der Waals surface area contributed by atoms with Crippen molar-refractivity contribution in [2.75, 3.05) is 0 Å². The van der Waals surface area contributed by atoms with Gasteiger partial charge in [0.2, 0.25) is 0 Å². The highest BCUT2D eigenvalue weighted by molar-refractivity contribution is 6.10. The molecule has 4 aromatic rings. The Balaban J connectivity index is 2.18. The lowest BCUT2D eigenvalue weighted by Gasteiger charge is -2.09. The third kappa shape index (κ3) is 1.94. The molecule has 0 aliphatic carbocycles. The Hall–Kier alpha value is -3.05. The topological polar surface area (TPSA) is 28.7 Å². The van der Waals surface area contributed by atoms with Gasteiger partial charge >= 0.3 is 0 Å². The minimum Gasteiger partial charge on any atom is -0.312 e. The smallest absolute Gasteiger partial charge is 0.102 e. The standard InChI is InChI=1S/C21H16N2/c1-14-7-10-17(11-8-14)23-15(2)19(13-22)21-18-6-4-3-5-16(18)9-12-20(21)23/h3-12H,1-2H3. The van der Waals surface area contributed by atoms with E-state index >= 15 is 0 Å². The van der Waals surface area contributed by atoms with Gasteiger partial charge < -0.3 is 4.57 Å². The van der Waals surface area contributed by atoms with Crippen LogP contribution in [0.25, 0.3) is 27.4 Å². The van der Waals surface area contributed by atoms with Gasteiger partial charge in [0.1, 0.15) is 6.07 Å². The average Bonchev–Trinajstić information content (AvgIpc) is 2.87. The van der Waals surface area contributed by atoms with Gasteiger partial charge in [-0.05, 0) is 42.8 Å². The number of nitrogens with zero attached hydrogens (tertiary/aromatic N) is 2. The first-order chi connectivity index (χ1) is 11.2. The summed E-state index contributed by atoms with van der Waals surface area (Å²) in [5, 5.41) is 13.1. The van der Waals surface area contributed by atoms with Crippen LogP contribution < -0.4 is 0 Å². The number of aromatic nitrogens is 1. The van der Waals surface area contributed by atoms with E-state index in [9.17, 15) is 5.26 Å². The Kier molecular flexibility index (Phi) is 2.96. The maximum absolute atomic E-state index is 9.72. The predicted octanol–water partition coefficient (Wildman–Crippen LogP) is 5.27. The summed E-state index contributed by atoms with van der Waals surface area (Å²) in [6.07, 6.45) is 0. The quantitative estimate of drug-likeness (QED) is 0.470. The van der Waals surface area contributed by atoms with Crippen molar-refractivity contribution in [2.24, 2.45) is 0 Å². The molecule has 0 fully saturated rings. The first-order valence-corrected chi connectivity index (χ1v) is 7.70. The van der Waals surface area contributed by atoms with E-state index in [1.807, 2.05) is 19.1 Å². The van der Waals surface area contributed by atoms with Crippen molar-refractivity contribution in [1.82, 2.24) is 4.57 Å². The van der Waals surface area contributed by atoms with Crippen molar-refractivity contribution in [3.05, 3.63) is 77.5 Å². The van der Waals surface area contributed by atoms with Crippen LogP contribution in [-0.4, -0.2) is 4.57 Å². The van der Waals surface area contributed by atoms with Crippen molar-refractivity contribution >= 4 is 21.7 Å². The lowest BCUT2D eigenvalue weighted by molar-refractivity contribution is 1.05. The fraction of sp³-hybridized carbons (Fsp3) is 0.0952. The number of benzene rings is 3. The molecule has 1 aromatic heterocycles. The second kappa shape index (κ2) is 5.00. The van der Waals surface area contributed by atoms with Crippen LogP contribution in [0.1, 0.15) is 16.8 Å². The first kappa shape index (κ1) is 13.6. The zero-order valence-corrected chi connectivity index (χ0v) is 13.2. The van der Waals surface area contributed by atoms with Gasteiger partial charge in [0, 0.05) is 16.8 Å². The normalized spacial score (nSPS) is 11.0. The third-order valence-corrected chi connectivity index (χ3v) is 4.50. The van der Waals surface area contributed by atoms with Gasteiger partial charge in [-0.1, -0.05) is 48.0 Å². The largest absolute Gasteiger partial charge is 0.312 e. The summed E-state index contributed by atoms with van der Waals surface area (Å²) in [4.78, 5) is 0. The zero-order valence-electron chi connectivity index (χ0n) is 13.2. The highest BCUT2D eigenvalue weighted by atomic mass is 15.0. The minimum absolute atomic E-state index is 0.761. The molecule has 110 valence electrons. The Morgan fingerprint density at radius 1 is 0.870 bits per heavy atom. The second-order valence-corrected chi connectivity index (χ2v) is 5.92. The van der Waals surface area contributed by atoms with Crippen LogP contribution in [-0.2, 0) is 0 Å². The number of hydrogen-bond donors (Lipinski definition) is 0. The molecule has 0 saturated carbocycles. The van der Waals surface area contributed by atoms with Crippen molar-refractivity contribution in [2.45, 2.75) is 13.8 Å². The van der Waals surface area contributed by atoms with Gasteiger partial charge in [-0.2, -0.15) is 5.26 Å². The van der Waals surface area contributed by atoms with Crippen molar-refractivity contribution in [3.8, 4) is 11.8 Å². The summed E-state index contributed by atoms with van der Waals surface area (Å²) < 4.78 is 2.18. The predicted molar refractivity (Wildman–Crippen MR) is 95.0 cm³/mol. The lowest BCUT2D eigenvalue weighted by atomic mass is 10.0. The number of hydrogen-bond acceptors (Lipinski definition) is 1. The van der Waals surface area contributed by atoms with Crippen LogP contribution in [0.5, 0.6) is 0 Å². The Labute approximate surface area is 135 Å². The number of nitriles is 1. The molecule has 0 spiro atoms. The van der Waals surface area contributed by atoms with Crippen LogP contribution in [0.4, 0.5) is 0 Å². The molecule has 0 aliphatic heterocycles. The van der Waals surface area contributed by atoms with Gasteiger partial charge in [0.05, 0.1) is 11.1 Å². The van der Waals surface area contributed by atoms with Gasteiger partial charge in [-0.25, -0.2) is 0 Å². The highest BCUT2D eigenvalue weighted by Crippen LogP contribution is 2.34. The molecule has 1 heterocycles. The molecule has 0 amide bonds. The molecule has 0 radical (unpaired) electrons. The average molecular weight is 296 g/mol. The van der Waals surface area contributed by atoms with Crippen LogP contribution in [0.3, 0.4) is 0 Å². The highest BCUT2D eigenvalue weighted by Gasteiger charge is 2.17. The summed E-state index contributed by atoms with van der Waals surface area (Å²) in [6.45, 7) is 4.10. The molecular formula is C21H16N2. The SMILES string of the molecule is Cc1ccc(-n2c(C)c(C#N)c3c4ccccc4ccc32)cc1. The van der Waals surface area contributed by atoms with E-state index in [1.54, 1.807) is 0 Å². The molecule has 0 unspecified atom stereocenters. The zero-order chi connectivity index (χ0) is 16.0. The number of fused-ring (bicyclic) bond motifs is 3. The fourth-order valence-electron chi connectivity index (χ4n) is 3.35. The Morgan fingerprint density at radius 3 is 2.35 bits per heavy atom. The number of rotatable bonds is 1. The van der Waals surface area contributed by atoms with Crippen LogP contribution in [0, 0.1) is 25.2 Å². The van der Waals surface area contributed by atoms with Crippen LogP contribution in [0.2, 0.25) is 0 Å². The molecule has 4 rings (SSSR count). The maximum atomic E-state index is 9.72. The molecule has 0 saturated heterocycles. The summed E-state index contributed by atoms with van der Waals surface area (Å²) in [7, 11) is 0. The van der Waals surface area contributed by atoms with E-state index in [1.165, 1.54) is 5.56 Å². The van der Waals surface area contributed by atoms with Gasteiger partial charge in [-0.15, -0.1) is 0 Å². The van der Waals surface area contributed by atoms with E-state index in [4.69, 9.17) is 0 Å². The maximum Gasteiger partial charge on any atom is 0.102 e. The van der Waals surface area contributed by atoms with E-state index < -0.39 is 0 Å². The van der Waals surface area contributed by atoms with Crippen molar-refractivity contribution in [3.63, 3.8) is 0 Å². The van der Waals surface area contributed by atoms with Gasteiger partial charge in [-0.3, -0.25) is 0 Å². The summed E-state index contributed by atoms with van der Waals surface area (Å²) >= 11 is 0. The van der Waals surface area contributed by atoms with E-state index in [2.05, 4.69) is 66.1 Å². The molecule has 0 aliphatic rings. The fourth-order valence-corrected chi connectivity index (χ4v) is 3.35. The van der Waals surface area contributed by atoms with Crippen LogP contribution >= 0.6 is 0 Å². The van der Waals surface area contributed by atoms with Crippen molar-refractivity contribution in [1.29, 1.82) is 5.26 Å². The van der Waals surface area contributed by atoms with Gasteiger partial charge in [0.25, 0.3) is 0 Å². The molecule has 2 heteroatoms. The van der Waals surface area contributed by atoms with Crippen molar-refractivity contribution < 1.29 is 0 Å². The Morgan fingerprint density at radius 2 is 1.61 bits per heavy atom. The van der Waals surface area contributed by atoms with Gasteiger partial charge in [0.15, 0.2) is 0 Å². The monoisotopic (exact) mass is 296 g/mol. The molecule has 0 atom stereocenters. The molecule has 3 aromatic carbocycles. The molecular weight excluding hydrogens is 280 g/mol. The summed E-state index contributed by atoms with van der Waals surface area (Å²) in [6, 6.07) is 23.3. The van der Waals surface area contributed by atoms with E-state index in [-0.39, 0.29) is 0 Å². The summed E-state index contributed by atoms with van der Waals surface area (Å²) in [5.41, 5.74) is 5.16. The van der Waals surface area contributed by atoms with Crippen LogP contribution in [0.15, 0.2) is 60.7 Å². The molecule has 0 N–H and O–H groups in total. The minimum atomic E-state index is 0.761. The van der Waals surface area contributed by atoms with E-state index in [0.29, 0.717) is 0 Å².